The van der Waals surface area contributed by atoms with Crippen molar-refractivity contribution >= 4 is 28.4 Å². The number of hydrogen-bond acceptors (Lipinski definition) is 5. The maximum Gasteiger partial charge on any atom is 0.251 e. The number of imidazole rings is 1. The van der Waals surface area contributed by atoms with Crippen molar-refractivity contribution < 1.29 is 4.79 Å². The van der Waals surface area contributed by atoms with Gasteiger partial charge in [0, 0.05) is 44.0 Å². The number of amides is 1. The Kier molecular flexibility index (Phi) is 6.23. The van der Waals surface area contributed by atoms with Gasteiger partial charge in [0.2, 0.25) is 0 Å². The zero-order valence-corrected chi connectivity index (χ0v) is 18.9. The fourth-order valence-corrected chi connectivity index (χ4v) is 4.38. The summed E-state index contributed by atoms with van der Waals surface area (Å²) in [7, 11) is 6.14. The first-order chi connectivity index (χ1) is 15.0. The van der Waals surface area contributed by atoms with Crippen molar-refractivity contribution in [1.82, 2.24) is 24.8 Å². The molecule has 1 N–H and O–H groups in total. The van der Waals surface area contributed by atoms with E-state index < -0.39 is 0 Å². The van der Waals surface area contributed by atoms with E-state index >= 15 is 0 Å². The van der Waals surface area contributed by atoms with Crippen molar-refractivity contribution in [1.29, 1.82) is 0 Å². The molecule has 1 saturated heterocycles. The summed E-state index contributed by atoms with van der Waals surface area (Å²) in [6, 6.07) is 8.42. The first-order valence-electron chi connectivity index (χ1n) is 11.1. The van der Waals surface area contributed by atoms with Crippen molar-refractivity contribution in [3.63, 3.8) is 0 Å². The largest absolute Gasteiger partial charge is 0.350 e. The molecule has 7 heteroatoms. The Morgan fingerprint density at radius 2 is 2.06 bits per heavy atom. The lowest BCUT2D eigenvalue weighted by Crippen LogP contribution is -2.44. The Morgan fingerprint density at radius 3 is 2.84 bits per heavy atom. The molecule has 1 unspecified atom stereocenters. The number of nitrogens with zero attached hydrogens (tertiary/aromatic N) is 5. The number of aromatic nitrogens is 3. The van der Waals surface area contributed by atoms with Gasteiger partial charge in [0.25, 0.3) is 5.91 Å². The molecule has 2 aromatic heterocycles. The van der Waals surface area contributed by atoms with Gasteiger partial charge in [0.15, 0.2) is 0 Å². The molecule has 0 aliphatic carbocycles. The number of fused-ring (bicyclic) bond motifs is 1. The van der Waals surface area contributed by atoms with Crippen LogP contribution >= 0.6 is 0 Å². The minimum Gasteiger partial charge on any atom is -0.350 e. The molecule has 3 aromatic rings. The first-order valence-corrected chi connectivity index (χ1v) is 11.1. The molecule has 4 rings (SSSR count). The molecule has 0 saturated carbocycles. The third-order valence-corrected chi connectivity index (χ3v) is 6.44. The molecule has 1 aliphatic heterocycles. The molecule has 7 nitrogen and oxygen atoms in total. The summed E-state index contributed by atoms with van der Waals surface area (Å²) in [5.74, 6) is 0.848. The number of likely N-dealkylation sites (tertiary alicyclic amines) is 1. The molecular formula is C24H32N6O. The van der Waals surface area contributed by atoms with Crippen LogP contribution in [0.15, 0.2) is 36.8 Å². The van der Waals surface area contributed by atoms with Gasteiger partial charge in [-0.05, 0) is 56.6 Å². The van der Waals surface area contributed by atoms with Crippen LogP contribution in [0.25, 0.3) is 11.0 Å². The van der Waals surface area contributed by atoms with Gasteiger partial charge in [-0.25, -0.2) is 9.97 Å². The molecule has 0 radical (unpaired) electrons. The zero-order valence-electron chi connectivity index (χ0n) is 18.9. The number of aryl methyl sites for hydroxylation is 2. The lowest BCUT2D eigenvalue weighted by Gasteiger charge is -2.32. The average molecular weight is 421 g/mol. The molecule has 1 aliphatic rings. The van der Waals surface area contributed by atoms with Gasteiger partial charge >= 0.3 is 0 Å². The van der Waals surface area contributed by atoms with Crippen LogP contribution in [0.1, 0.15) is 42.1 Å². The van der Waals surface area contributed by atoms with E-state index in [-0.39, 0.29) is 5.91 Å². The molecule has 1 aromatic carbocycles. The Hall–Kier alpha value is -2.93. The molecule has 1 atom stereocenters. The molecule has 0 bridgehead atoms. The van der Waals surface area contributed by atoms with Gasteiger partial charge in [-0.15, -0.1) is 0 Å². The fraction of sp³-hybridized carbons (Fsp3) is 0.458. The average Bonchev–Trinajstić information content (AvgIpc) is 3.17. The molecule has 0 spiro atoms. The number of carbonyl (C=O) groups excluding carboxylic acids is 1. The van der Waals surface area contributed by atoms with E-state index in [0.29, 0.717) is 18.2 Å². The Bertz CT molecular complexity index is 1080. The molecular weight excluding hydrogens is 388 g/mol. The van der Waals surface area contributed by atoms with E-state index in [1.807, 2.05) is 42.9 Å². The van der Waals surface area contributed by atoms with Crippen LogP contribution in [-0.2, 0) is 13.5 Å². The summed E-state index contributed by atoms with van der Waals surface area (Å²) in [6.07, 6.45) is 8.07. The highest BCUT2D eigenvalue weighted by molar-refractivity contribution is 5.95. The summed E-state index contributed by atoms with van der Waals surface area (Å²) >= 11 is 0. The van der Waals surface area contributed by atoms with Gasteiger partial charge in [0.05, 0.1) is 18.0 Å². The summed E-state index contributed by atoms with van der Waals surface area (Å²) in [5.41, 5.74) is 4.81. The van der Waals surface area contributed by atoms with Crippen LogP contribution in [0, 0.1) is 0 Å². The number of benzene rings is 1. The van der Waals surface area contributed by atoms with Crippen LogP contribution in [0.3, 0.4) is 0 Å². The maximum absolute atomic E-state index is 12.8. The standard InChI is InChI=1S/C24H32N6O/c1-5-17-12-18(24(31)26-14-19-8-6-7-11-28(19)2)9-10-21(17)30(4)23-13-22-20(15-25-23)27-16-29(22)3/h9-10,12-13,15-16,19H,5-8,11,14H2,1-4H3,(H,26,31). The number of piperidine rings is 1. The first kappa shape index (κ1) is 21.3. The summed E-state index contributed by atoms with van der Waals surface area (Å²) in [4.78, 5) is 26.2. The predicted octanol–water partition coefficient (Wildman–Crippen LogP) is 3.51. The minimum absolute atomic E-state index is 0.00249. The number of anilines is 2. The number of pyridine rings is 1. The van der Waals surface area contributed by atoms with Crippen molar-refractivity contribution in [3.05, 3.63) is 47.9 Å². The topological polar surface area (TPSA) is 66.3 Å². The van der Waals surface area contributed by atoms with Gasteiger partial charge < -0.3 is 19.7 Å². The van der Waals surface area contributed by atoms with Crippen molar-refractivity contribution in [2.75, 3.05) is 32.1 Å². The van der Waals surface area contributed by atoms with Crippen LogP contribution in [0.5, 0.6) is 0 Å². The minimum atomic E-state index is -0.00249. The summed E-state index contributed by atoms with van der Waals surface area (Å²) < 4.78 is 1.99. The zero-order chi connectivity index (χ0) is 22.0. The lowest BCUT2D eigenvalue weighted by molar-refractivity contribution is 0.0928. The summed E-state index contributed by atoms with van der Waals surface area (Å²) in [6.45, 7) is 3.93. The molecule has 3 heterocycles. The second-order valence-electron chi connectivity index (χ2n) is 8.48. The van der Waals surface area contributed by atoms with E-state index in [9.17, 15) is 4.79 Å². The highest BCUT2D eigenvalue weighted by Gasteiger charge is 2.20. The van der Waals surface area contributed by atoms with Gasteiger partial charge in [-0.2, -0.15) is 0 Å². The van der Waals surface area contributed by atoms with Crippen LogP contribution < -0.4 is 10.2 Å². The van der Waals surface area contributed by atoms with Gasteiger partial charge in [-0.3, -0.25) is 4.79 Å². The van der Waals surface area contributed by atoms with Crippen LogP contribution in [0.4, 0.5) is 11.5 Å². The number of likely N-dealkylation sites (N-methyl/N-ethyl adjacent to an activating group) is 1. The SMILES string of the molecule is CCc1cc(C(=O)NCC2CCCCN2C)ccc1N(C)c1cc2c(cn1)ncn2C. The van der Waals surface area contributed by atoms with E-state index in [0.717, 1.165) is 47.5 Å². The van der Waals surface area contributed by atoms with Crippen molar-refractivity contribution in [2.45, 2.75) is 38.6 Å². The second kappa shape index (κ2) is 9.06. The Morgan fingerprint density at radius 1 is 1.23 bits per heavy atom. The highest BCUT2D eigenvalue weighted by atomic mass is 16.1. The fourth-order valence-electron chi connectivity index (χ4n) is 4.38. The third-order valence-electron chi connectivity index (χ3n) is 6.44. The highest BCUT2D eigenvalue weighted by Crippen LogP contribution is 2.29. The Balaban J connectivity index is 1.51. The van der Waals surface area contributed by atoms with Gasteiger partial charge in [-0.1, -0.05) is 13.3 Å². The summed E-state index contributed by atoms with van der Waals surface area (Å²) in [5, 5.41) is 3.14. The van der Waals surface area contributed by atoms with Crippen molar-refractivity contribution in [2.24, 2.45) is 7.05 Å². The van der Waals surface area contributed by atoms with Gasteiger partial charge in [0.1, 0.15) is 11.3 Å². The second-order valence-corrected chi connectivity index (χ2v) is 8.48. The Labute approximate surface area is 184 Å². The molecule has 31 heavy (non-hydrogen) atoms. The molecule has 1 amide bonds. The predicted molar refractivity (Wildman–Crippen MR) is 125 cm³/mol. The lowest BCUT2D eigenvalue weighted by atomic mass is 10.0. The van der Waals surface area contributed by atoms with E-state index in [1.54, 1.807) is 12.5 Å². The van der Waals surface area contributed by atoms with Crippen LogP contribution in [-0.4, -0.2) is 58.6 Å². The number of rotatable bonds is 6. The molecule has 1 fully saturated rings. The third kappa shape index (κ3) is 4.42. The number of nitrogens with one attached hydrogen (secondary N) is 1. The van der Waals surface area contributed by atoms with E-state index in [1.165, 1.54) is 12.8 Å². The quantitative estimate of drug-likeness (QED) is 0.661. The van der Waals surface area contributed by atoms with Crippen molar-refractivity contribution in [3.8, 4) is 0 Å². The van der Waals surface area contributed by atoms with E-state index in [4.69, 9.17) is 0 Å². The monoisotopic (exact) mass is 420 g/mol. The smallest absolute Gasteiger partial charge is 0.251 e. The maximum atomic E-state index is 12.8. The number of carbonyl (C=O) groups is 1. The normalized spacial score (nSPS) is 17.1. The molecule has 164 valence electrons. The number of hydrogen-bond donors (Lipinski definition) is 1. The van der Waals surface area contributed by atoms with Crippen LogP contribution in [0.2, 0.25) is 0 Å². The van der Waals surface area contributed by atoms with E-state index in [2.05, 4.69) is 39.1 Å².